The Balaban J connectivity index is 1.56. The molecule has 0 aliphatic carbocycles. The highest BCUT2D eigenvalue weighted by Crippen LogP contribution is 2.27. The van der Waals surface area contributed by atoms with Crippen molar-refractivity contribution < 1.29 is 22.8 Å². The van der Waals surface area contributed by atoms with Crippen LogP contribution in [0, 0.1) is 0 Å². The van der Waals surface area contributed by atoms with Gasteiger partial charge in [0.25, 0.3) is 0 Å². The standard InChI is InChI=1S/C14H15F3N4O2/c15-14(16,17)11-3-1-2-9(19-11)6-12(22)20-7-10(8-20)21-5-4-18-13(21)23/h1-3,10H,4-8H2,(H,18,23). The highest BCUT2D eigenvalue weighted by atomic mass is 19.4. The Kier molecular flexibility index (Phi) is 3.87. The van der Waals surface area contributed by atoms with Gasteiger partial charge in [-0.15, -0.1) is 0 Å². The number of nitrogens with one attached hydrogen (secondary N) is 1. The maximum atomic E-state index is 12.6. The molecule has 0 bridgehead atoms. The number of urea groups is 1. The third-order valence-corrected chi connectivity index (χ3v) is 3.98. The van der Waals surface area contributed by atoms with Gasteiger partial charge < -0.3 is 15.1 Å². The minimum atomic E-state index is -4.52. The fourth-order valence-corrected chi connectivity index (χ4v) is 2.69. The van der Waals surface area contributed by atoms with Crippen LogP contribution in [0.1, 0.15) is 11.4 Å². The average molecular weight is 328 g/mol. The zero-order valence-corrected chi connectivity index (χ0v) is 12.1. The minimum absolute atomic E-state index is 0.0177. The Hall–Kier alpha value is -2.32. The molecule has 2 aliphatic rings. The Bertz CT molecular complexity index is 629. The summed E-state index contributed by atoms with van der Waals surface area (Å²) in [6.07, 6.45) is -4.70. The molecule has 124 valence electrons. The Morgan fingerprint density at radius 2 is 2.09 bits per heavy atom. The van der Waals surface area contributed by atoms with Crippen LogP contribution >= 0.6 is 0 Å². The number of likely N-dealkylation sites (tertiary alicyclic amines) is 1. The molecule has 3 heterocycles. The molecule has 9 heteroatoms. The number of aromatic nitrogens is 1. The second kappa shape index (κ2) is 5.71. The monoisotopic (exact) mass is 328 g/mol. The molecule has 0 spiro atoms. The molecular formula is C14H15F3N4O2. The van der Waals surface area contributed by atoms with Gasteiger partial charge in [-0.3, -0.25) is 4.79 Å². The van der Waals surface area contributed by atoms with Crippen molar-refractivity contribution in [1.29, 1.82) is 0 Å². The molecule has 1 N–H and O–H groups in total. The molecule has 3 rings (SSSR count). The topological polar surface area (TPSA) is 65.5 Å². The van der Waals surface area contributed by atoms with Gasteiger partial charge in [0, 0.05) is 26.2 Å². The Morgan fingerprint density at radius 1 is 1.35 bits per heavy atom. The van der Waals surface area contributed by atoms with E-state index in [-0.39, 0.29) is 30.1 Å². The summed E-state index contributed by atoms with van der Waals surface area (Å²) in [4.78, 5) is 30.3. The van der Waals surface area contributed by atoms with E-state index in [0.29, 0.717) is 26.2 Å². The molecule has 23 heavy (non-hydrogen) atoms. The van der Waals surface area contributed by atoms with Crippen molar-refractivity contribution in [1.82, 2.24) is 20.1 Å². The van der Waals surface area contributed by atoms with Gasteiger partial charge in [0.05, 0.1) is 18.2 Å². The van der Waals surface area contributed by atoms with Crippen molar-refractivity contribution >= 4 is 11.9 Å². The van der Waals surface area contributed by atoms with E-state index in [4.69, 9.17) is 0 Å². The predicted octanol–water partition coefficient (Wildman–Crippen LogP) is 0.879. The van der Waals surface area contributed by atoms with Gasteiger partial charge in [-0.1, -0.05) is 6.07 Å². The van der Waals surface area contributed by atoms with Crippen molar-refractivity contribution in [2.45, 2.75) is 18.6 Å². The maximum absolute atomic E-state index is 12.6. The summed E-state index contributed by atoms with van der Waals surface area (Å²) in [6, 6.07) is 3.36. The summed E-state index contributed by atoms with van der Waals surface area (Å²) < 4.78 is 37.8. The Morgan fingerprint density at radius 3 is 2.70 bits per heavy atom. The third-order valence-electron chi connectivity index (χ3n) is 3.98. The lowest BCUT2D eigenvalue weighted by atomic mass is 10.1. The number of carbonyl (C=O) groups excluding carboxylic acids is 2. The zero-order valence-electron chi connectivity index (χ0n) is 12.1. The third kappa shape index (κ3) is 3.22. The first kappa shape index (κ1) is 15.6. The summed E-state index contributed by atoms with van der Waals surface area (Å²) >= 11 is 0. The van der Waals surface area contributed by atoms with E-state index in [2.05, 4.69) is 10.3 Å². The van der Waals surface area contributed by atoms with Gasteiger partial charge >= 0.3 is 12.2 Å². The fraction of sp³-hybridized carbons (Fsp3) is 0.500. The lowest BCUT2D eigenvalue weighted by Crippen LogP contribution is -2.61. The molecule has 0 atom stereocenters. The maximum Gasteiger partial charge on any atom is 0.433 e. The average Bonchev–Trinajstić information content (AvgIpc) is 2.83. The van der Waals surface area contributed by atoms with Gasteiger partial charge in [-0.25, -0.2) is 9.78 Å². The molecular weight excluding hydrogens is 313 g/mol. The van der Waals surface area contributed by atoms with E-state index in [1.807, 2.05) is 0 Å². The highest BCUT2D eigenvalue weighted by Gasteiger charge is 2.39. The summed E-state index contributed by atoms with van der Waals surface area (Å²) in [5.74, 6) is -0.285. The SMILES string of the molecule is O=C(Cc1cccc(C(F)(F)F)n1)N1CC(N2CCNC2=O)C1. The molecule has 0 radical (unpaired) electrons. The van der Waals surface area contributed by atoms with Crippen molar-refractivity contribution in [2.75, 3.05) is 26.2 Å². The molecule has 3 amide bonds. The summed E-state index contributed by atoms with van der Waals surface area (Å²) in [6.45, 7) is 2.02. The summed E-state index contributed by atoms with van der Waals surface area (Å²) in [5, 5.41) is 2.69. The van der Waals surface area contributed by atoms with Crippen molar-refractivity contribution in [3.05, 3.63) is 29.6 Å². The van der Waals surface area contributed by atoms with E-state index in [1.54, 1.807) is 4.90 Å². The number of hydrogen-bond donors (Lipinski definition) is 1. The molecule has 2 aliphatic heterocycles. The van der Waals surface area contributed by atoms with Gasteiger partial charge in [-0.2, -0.15) is 13.2 Å². The number of amides is 3. The summed E-state index contributed by atoms with van der Waals surface area (Å²) in [7, 11) is 0. The first-order valence-electron chi connectivity index (χ1n) is 7.20. The molecule has 2 saturated heterocycles. The van der Waals surface area contributed by atoms with E-state index in [1.165, 1.54) is 17.0 Å². The number of hydrogen-bond acceptors (Lipinski definition) is 3. The van der Waals surface area contributed by atoms with E-state index >= 15 is 0 Å². The summed E-state index contributed by atoms with van der Waals surface area (Å²) in [5.41, 5.74) is -0.912. The van der Waals surface area contributed by atoms with Gasteiger partial charge in [-0.05, 0) is 12.1 Å². The number of carbonyl (C=O) groups is 2. The highest BCUT2D eigenvalue weighted by molar-refractivity contribution is 5.80. The van der Waals surface area contributed by atoms with Crippen LogP contribution in [-0.4, -0.2) is 58.9 Å². The second-order valence-corrected chi connectivity index (χ2v) is 5.57. The van der Waals surface area contributed by atoms with Gasteiger partial charge in [0.15, 0.2) is 0 Å². The Labute approximate surface area is 130 Å². The van der Waals surface area contributed by atoms with E-state index in [0.717, 1.165) is 6.07 Å². The van der Waals surface area contributed by atoms with Crippen LogP contribution in [0.4, 0.5) is 18.0 Å². The zero-order chi connectivity index (χ0) is 16.6. The van der Waals surface area contributed by atoms with Crippen LogP contribution in [-0.2, 0) is 17.4 Å². The first-order chi connectivity index (χ1) is 10.8. The number of halogens is 3. The number of alkyl halides is 3. The van der Waals surface area contributed by atoms with E-state index in [9.17, 15) is 22.8 Å². The molecule has 2 fully saturated rings. The normalized spacial score (nSPS) is 18.8. The van der Waals surface area contributed by atoms with Gasteiger partial charge in [0.2, 0.25) is 5.91 Å². The number of nitrogens with zero attached hydrogens (tertiary/aromatic N) is 3. The molecule has 0 aromatic carbocycles. The van der Waals surface area contributed by atoms with Crippen LogP contribution in [0.5, 0.6) is 0 Å². The van der Waals surface area contributed by atoms with Crippen LogP contribution in [0.3, 0.4) is 0 Å². The molecule has 6 nitrogen and oxygen atoms in total. The predicted molar refractivity (Wildman–Crippen MR) is 73.4 cm³/mol. The van der Waals surface area contributed by atoms with Crippen LogP contribution < -0.4 is 5.32 Å². The first-order valence-corrected chi connectivity index (χ1v) is 7.20. The molecule has 0 saturated carbocycles. The van der Waals surface area contributed by atoms with Crippen molar-refractivity contribution in [3.8, 4) is 0 Å². The van der Waals surface area contributed by atoms with E-state index < -0.39 is 11.9 Å². The fourth-order valence-electron chi connectivity index (χ4n) is 2.69. The van der Waals surface area contributed by atoms with Crippen molar-refractivity contribution in [2.24, 2.45) is 0 Å². The second-order valence-electron chi connectivity index (χ2n) is 5.57. The van der Waals surface area contributed by atoms with Crippen LogP contribution in [0.15, 0.2) is 18.2 Å². The molecule has 0 unspecified atom stereocenters. The van der Waals surface area contributed by atoms with Crippen LogP contribution in [0.2, 0.25) is 0 Å². The number of pyridine rings is 1. The smallest absolute Gasteiger partial charge is 0.338 e. The quantitative estimate of drug-likeness (QED) is 0.896. The molecule has 1 aromatic heterocycles. The van der Waals surface area contributed by atoms with Gasteiger partial charge in [0.1, 0.15) is 5.69 Å². The lowest BCUT2D eigenvalue weighted by molar-refractivity contribution is -0.142. The van der Waals surface area contributed by atoms with Crippen molar-refractivity contribution in [3.63, 3.8) is 0 Å². The lowest BCUT2D eigenvalue weighted by Gasteiger charge is -2.43. The number of rotatable bonds is 3. The largest absolute Gasteiger partial charge is 0.433 e. The minimum Gasteiger partial charge on any atom is -0.338 e. The van der Waals surface area contributed by atoms with Crippen LogP contribution in [0.25, 0.3) is 0 Å². The molecule has 1 aromatic rings.